The Hall–Kier alpha value is -1.95. The number of nitrogens with one attached hydrogen (secondary N) is 2. The van der Waals surface area contributed by atoms with Crippen LogP contribution in [0.4, 0.5) is 5.69 Å². The minimum absolute atomic E-state index is 0.0376. The molecule has 0 aliphatic heterocycles. The van der Waals surface area contributed by atoms with Crippen molar-refractivity contribution in [1.29, 1.82) is 0 Å². The Labute approximate surface area is 111 Å². The zero-order chi connectivity index (χ0) is 13.5. The number of carbonyl (C=O) groups excluding carboxylic acids is 1. The number of aromatic nitrogens is 3. The molecule has 1 aromatic heterocycles. The number of hydrogen-bond acceptors (Lipinski definition) is 4. The molecule has 1 heterocycles. The van der Waals surface area contributed by atoms with Crippen LogP contribution in [-0.4, -0.2) is 27.9 Å². The molecule has 0 bridgehead atoms. The number of nitrogens with zero attached hydrogens (tertiary/aromatic N) is 2. The van der Waals surface area contributed by atoms with Gasteiger partial charge in [-0.05, 0) is 37.6 Å². The van der Waals surface area contributed by atoms with Crippen LogP contribution in [0.25, 0.3) is 11.0 Å². The smallest absolute Gasteiger partial charge is 0.224 e. The second kappa shape index (κ2) is 6.84. The quantitative estimate of drug-likeness (QED) is 0.662. The summed E-state index contributed by atoms with van der Waals surface area (Å²) >= 11 is 0. The molecule has 0 atom stereocenters. The summed E-state index contributed by atoms with van der Waals surface area (Å²) in [5.41, 5.74) is 7.72. The van der Waals surface area contributed by atoms with Gasteiger partial charge in [-0.3, -0.25) is 4.79 Å². The Kier molecular flexibility index (Phi) is 4.85. The average Bonchev–Trinajstić information content (AvgIpc) is 2.86. The van der Waals surface area contributed by atoms with E-state index in [-0.39, 0.29) is 5.91 Å². The van der Waals surface area contributed by atoms with Crippen molar-refractivity contribution >= 4 is 22.6 Å². The lowest BCUT2D eigenvalue weighted by Gasteiger charge is -2.04. The third kappa shape index (κ3) is 4.03. The summed E-state index contributed by atoms with van der Waals surface area (Å²) in [5, 5.41) is 13.4. The Bertz CT molecular complexity index is 537. The van der Waals surface area contributed by atoms with Gasteiger partial charge in [0.2, 0.25) is 5.91 Å². The van der Waals surface area contributed by atoms with Gasteiger partial charge >= 0.3 is 0 Å². The van der Waals surface area contributed by atoms with Crippen molar-refractivity contribution < 1.29 is 4.79 Å². The van der Waals surface area contributed by atoms with Gasteiger partial charge in [0.15, 0.2) is 0 Å². The monoisotopic (exact) mass is 261 g/mol. The van der Waals surface area contributed by atoms with Gasteiger partial charge < -0.3 is 11.1 Å². The Morgan fingerprint density at radius 1 is 1.16 bits per heavy atom. The molecule has 0 saturated carbocycles. The van der Waals surface area contributed by atoms with Gasteiger partial charge in [-0.1, -0.05) is 12.8 Å². The highest BCUT2D eigenvalue weighted by Gasteiger charge is 2.04. The number of benzene rings is 1. The topological polar surface area (TPSA) is 96.7 Å². The highest BCUT2D eigenvalue weighted by molar-refractivity contribution is 5.92. The maximum atomic E-state index is 11.7. The summed E-state index contributed by atoms with van der Waals surface area (Å²) < 4.78 is 0. The van der Waals surface area contributed by atoms with E-state index in [0.29, 0.717) is 6.42 Å². The lowest BCUT2D eigenvalue weighted by Crippen LogP contribution is -2.11. The van der Waals surface area contributed by atoms with E-state index < -0.39 is 0 Å². The van der Waals surface area contributed by atoms with Crippen LogP contribution in [0.5, 0.6) is 0 Å². The molecule has 6 nitrogen and oxygen atoms in total. The van der Waals surface area contributed by atoms with Crippen LogP contribution < -0.4 is 11.1 Å². The van der Waals surface area contributed by atoms with Crippen LogP contribution in [0.3, 0.4) is 0 Å². The number of amides is 1. The number of carbonyl (C=O) groups is 1. The SMILES string of the molecule is NCCCCCCC(=O)Nc1ccc2n[nH]nc2c1. The lowest BCUT2D eigenvalue weighted by atomic mass is 10.1. The maximum absolute atomic E-state index is 11.7. The predicted octanol–water partition coefficient (Wildman–Crippen LogP) is 1.81. The molecule has 0 aliphatic carbocycles. The summed E-state index contributed by atoms with van der Waals surface area (Å²) in [4.78, 5) is 11.7. The molecule has 2 aromatic rings. The summed E-state index contributed by atoms with van der Waals surface area (Å²) in [6, 6.07) is 5.47. The fraction of sp³-hybridized carbons (Fsp3) is 0.462. The largest absolute Gasteiger partial charge is 0.330 e. The summed E-state index contributed by atoms with van der Waals surface area (Å²) in [7, 11) is 0. The lowest BCUT2D eigenvalue weighted by molar-refractivity contribution is -0.116. The van der Waals surface area contributed by atoms with Gasteiger partial charge in [0.1, 0.15) is 11.0 Å². The third-order valence-electron chi connectivity index (χ3n) is 2.96. The summed E-state index contributed by atoms with van der Waals surface area (Å²) in [6.07, 6.45) is 4.62. The predicted molar refractivity (Wildman–Crippen MR) is 74.7 cm³/mol. The standard InChI is InChI=1S/C13H19N5O/c14-8-4-2-1-3-5-13(19)15-10-6-7-11-12(9-10)17-18-16-11/h6-7,9H,1-5,8,14H2,(H,15,19)(H,16,17,18). The molecule has 1 amide bonds. The number of fused-ring (bicyclic) bond motifs is 1. The zero-order valence-electron chi connectivity index (χ0n) is 10.9. The zero-order valence-corrected chi connectivity index (χ0v) is 10.9. The van der Waals surface area contributed by atoms with Crippen molar-refractivity contribution in [2.24, 2.45) is 5.73 Å². The van der Waals surface area contributed by atoms with E-state index in [1.165, 1.54) is 0 Å². The Morgan fingerprint density at radius 2 is 1.95 bits per heavy atom. The summed E-state index contributed by atoms with van der Waals surface area (Å²) in [5.74, 6) is 0.0376. The van der Waals surface area contributed by atoms with Crippen molar-refractivity contribution in [2.45, 2.75) is 32.1 Å². The van der Waals surface area contributed by atoms with Gasteiger partial charge in [0.25, 0.3) is 0 Å². The van der Waals surface area contributed by atoms with Crippen molar-refractivity contribution in [3.05, 3.63) is 18.2 Å². The minimum atomic E-state index is 0.0376. The van der Waals surface area contributed by atoms with E-state index in [9.17, 15) is 4.79 Å². The third-order valence-corrected chi connectivity index (χ3v) is 2.96. The molecule has 0 fully saturated rings. The van der Waals surface area contributed by atoms with E-state index in [2.05, 4.69) is 20.7 Å². The number of nitrogens with two attached hydrogens (primary N) is 1. The number of H-pyrrole nitrogens is 1. The van der Waals surface area contributed by atoms with Crippen LogP contribution in [0.15, 0.2) is 18.2 Å². The van der Waals surface area contributed by atoms with Gasteiger partial charge in [-0.2, -0.15) is 15.4 Å². The Balaban J connectivity index is 1.78. The summed E-state index contributed by atoms with van der Waals surface area (Å²) in [6.45, 7) is 0.726. The second-order valence-electron chi connectivity index (χ2n) is 4.53. The van der Waals surface area contributed by atoms with Crippen molar-refractivity contribution in [3.63, 3.8) is 0 Å². The number of anilines is 1. The average molecular weight is 261 g/mol. The molecular weight excluding hydrogens is 242 g/mol. The maximum Gasteiger partial charge on any atom is 0.224 e. The van der Waals surface area contributed by atoms with E-state index in [1.807, 2.05) is 18.2 Å². The van der Waals surface area contributed by atoms with Crippen LogP contribution in [0.2, 0.25) is 0 Å². The minimum Gasteiger partial charge on any atom is -0.330 e. The molecular formula is C13H19N5O. The molecule has 0 radical (unpaired) electrons. The second-order valence-corrected chi connectivity index (χ2v) is 4.53. The molecule has 0 unspecified atom stereocenters. The molecule has 0 aliphatic rings. The number of rotatable bonds is 7. The van der Waals surface area contributed by atoms with Crippen LogP contribution in [0, 0.1) is 0 Å². The van der Waals surface area contributed by atoms with E-state index >= 15 is 0 Å². The first kappa shape index (κ1) is 13.5. The highest BCUT2D eigenvalue weighted by Crippen LogP contribution is 2.15. The van der Waals surface area contributed by atoms with E-state index in [4.69, 9.17) is 5.73 Å². The first-order valence-corrected chi connectivity index (χ1v) is 6.60. The Morgan fingerprint density at radius 3 is 2.79 bits per heavy atom. The molecule has 1 aromatic carbocycles. The van der Waals surface area contributed by atoms with Crippen LogP contribution in [-0.2, 0) is 4.79 Å². The number of unbranched alkanes of at least 4 members (excludes halogenated alkanes) is 3. The first-order chi connectivity index (χ1) is 9.29. The van der Waals surface area contributed by atoms with Gasteiger partial charge in [0.05, 0.1) is 0 Å². The van der Waals surface area contributed by atoms with Crippen LogP contribution >= 0.6 is 0 Å². The van der Waals surface area contributed by atoms with Gasteiger partial charge in [-0.25, -0.2) is 0 Å². The van der Waals surface area contributed by atoms with E-state index in [1.54, 1.807) is 0 Å². The van der Waals surface area contributed by atoms with Gasteiger partial charge in [0, 0.05) is 12.1 Å². The van der Waals surface area contributed by atoms with Gasteiger partial charge in [-0.15, -0.1) is 0 Å². The highest BCUT2D eigenvalue weighted by atomic mass is 16.1. The molecule has 2 rings (SSSR count). The van der Waals surface area contributed by atoms with Crippen LogP contribution in [0.1, 0.15) is 32.1 Å². The number of hydrogen-bond donors (Lipinski definition) is 3. The number of aromatic amines is 1. The first-order valence-electron chi connectivity index (χ1n) is 6.60. The fourth-order valence-corrected chi connectivity index (χ4v) is 1.92. The van der Waals surface area contributed by atoms with Crippen molar-refractivity contribution in [3.8, 4) is 0 Å². The molecule has 6 heteroatoms. The molecule has 0 spiro atoms. The molecule has 0 saturated heterocycles. The van der Waals surface area contributed by atoms with Crippen molar-refractivity contribution in [1.82, 2.24) is 15.4 Å². The molecule has 102 valence electrons. The normalized spacial score (nSPS) is 10.8. The molecule has 19 heavy (non-hydrogen) atoms. The van der Waals surface area contributed by atoms with E-state index in [0.717, 1.165) is 48.9 Å². The molecule has 4 N–H and O–H groups in total. The van der Waals surface area contributed by atoms with Crippen molar-refractivity contribution in [2.75, 3.05) is 11.9 Å². The fourth-order valence-electron chi connectivity index (χ4n) is 1.92.